The molecule has 0 aromatic heterocycles. The lowest BCUT2D eigenvalue weighted by Crippen LogP contribution is -2.43. The van der Waals surface area contributed by atoms with Crippen LogP contribution in [0.2, 0.25) is 13.1 Å². The Morgan fingerprint density at radius 3 is 2.50 bits per heavy atom. The fraction of sp³-hybridized carbons (Fsp3) is 0.857. The Hall–Kier alpha value is -0.393. The van der Waals surface area contributed by atoms with Crippen molar-refractivity contribution in [2.45, 2.75) is 31.7 Å². The molecule has 2 atom stereocenters. The molecule has 0 bridgehead atoms. The van der Waals surface area contributed by atoms with Crippen LogP contribution in [0.1, 0.15) is 6.42 Å². The minimum atomic E-state index is -1.08. The van der Waals surface area contributed by atoms with Gasteiger partial charge in [-0.1, -0.05) is 13.1 Å². The molecule has 0 aliphatic carbocycles. The summed E-state index contributed by atoms with van der Waals surface area (Å²) in [6.07, 6.45) is -0.0541. The number of nitrogens with zero attached hydrogens (tertiary/aromatic N) is 1. The summed E-state index contributed by atoms with van der Waals surface area (Å²) in [4.78, 5) is 10.7. The van der Waals surface area contributed by atoms with Crippen molar-refractivity contribution in [3.63, 3.8) is 0 Å². The molecule has 0 radical (unpaired) electrons. The molecule has 2 N–H and O–H groups in total. The lowest BCUT2D eigenvalue weighted by atomic mass is 10.2. The first-order valence-electron chi connectivity index (χ1n) is 4.19. The van der Waals surface area contributed by atoms with Gasteiger partial charge < -0.3 is 14.8 Å². The van der Waals surface area contributed by atoms with Crippen LogP contribution in [-0.4, -0.2) is 48.4 Å². The lowest BCUT2D eigenvalue weighted by Gasteiger charge is -2.23. The first-order valence-corrected chi connectivity index (χ1v) is 7.01. The van der Waals surface area contributed by atoms with Gasteiger partial charge in [0.25, 0.3) is 0 Å². The maximum Gasteiger partial charge on any atom is 0.320 e. The van der Waals surface area contributed by atoms with E-state index in [2.05, 4.69) is 13.1 Å². The highest BCUT2D eigenvalue weighted by Crippen LogP contribution is 2.19. The van der Waals surface area contributed by atoms with Crippen molar-refractivity contribution in [1.29, 1.82) is 0 Å². The van der Waals surface area contributed by atoms with Gasteiger partial charge in [0.1, 0.15) is 15.0 Å². The molecule has 1 heterocycles. The maximum absolute atomic E-state index is 10.7. The zero-order valence-corrected chi connectivity index (χ0v) is 8.55. The van der Waals surface area contributed by atoms with Gasteiger partial charge in [0.15, 0.2) is 0 Å². The second kappa shape index (κ2) is 3.55. The van der Waals surface area contributed by atoms with Crippen molar-refractivity contribution in [3.05, 3.63) is 0 Å². The van der Waals surface area contributed by atoms with Crippen molar-refractivity contribution in [1.82, 2.24) is 4.57 Å². The van der Waals surface area contributed by atoms with Gasteiger partial charge in [-0.25, -0.2) is 0 Å². The third kappa shape index (κ3) is 1.85. The number of carboxylic acids is 1. The first kappa shape index (κ1) is 9.69. The molecule has 0 aromatic carbocycles. The van der Waals surface area contributed by atoms with E-state index in [1.165, 1.54) is 0 Å². The smallest absolute Gasteiger partial charge is 0.320 e. The third-order valence-electron chi connectivity index (χ3n) is 2.27. The molecule has 0 spiro atoms. The highest BCUT2D eigenvalue weighted by Gasteiger charge is 2.37. The topological polar surface area (TPSA) is 60.8 Å². The molecular formula is C7H15NO3Si. The lowest BCUT2D eigenvalue weighted by molar-refractivity contribution is -0.140. The van der Waals surface area contributed by atoms with E-state index in [0.717, 1.165) is 0 Å². The van der Waals surface area contributed by atoms with Crippen LogP contribution >= 0.6 is 0 Å². The van der Waals surface area contributed by atoms with Crippen LogP contribution in [0.15, 0.2) is 0 Å². The highest BCUT2D eigenvalue weighted by atomic mass is 28.3. The predicted molar refractivity (Wildman–Crippen MR) is 47.6 cm³/mol. The summed E-state index contributed by atoms with van der Waals surface area (Å²) in [5.41, 5.74) is 0. The van der Waals surface area contributed by atoms with Gasteiger partial charge in [-0.3, -0.25) is 4.79 Å². The van der Waals surface area contributed by atoms with Crippen LogP contribution in [-0.2, 0) is 4.79 Å². The van der Waals surface area contributed by atoms with E-state index >= 15 is 0 Å². The van der Waals surface area contributed by atoms with Crippen LogP contribution in [0.3, 0.4) is 0 Å². The van der Waals surface area contributed by atoms with Crippen molar-refractivity contribution in [3.8, 4) is 0 Å². The number of aliphatic hydroxyl groups excluding tert-OH is 1. The van der Waals surface area contributed by atoms with E-state index in [-0.39, 0.29) is 0 Å². The first-order chi connectivity index (χ1) is 5.52. The Morgan fingerprint density at radius 1 is 1.58 bits per heavy atom. The van der Waals surface area contributed by atoms with Gasteiger partial charge in [0.2, 0.25) is 0 Å². The van der Waals surface area contributed by atoms with Gasteiger partial charge in [-0.2, -0.15) is 0 Å². The SMILES string of the molecule is C[SiH](C)N1C[C@H](O)C[C@H]1C(=O)O. The standard InChI is InChI=1S/C7H15NO3Si/c1-12(2)8-4-5(9)3-6(8)7(10)11/h5-6,9,12H,3-4H2,1-2H3,(H,10,11)/t5-,6+/m1/s1. The van der Waals surface area contributed by atoms with Crippen LogP contribution in [0, 0.1) is 0 Å². The zero-order valence-electron chi connectivity index (χ0n) is 7.40. The predicted octanol–water partition coefficient (Wildman–Crippen LogP) is -0.510. The number of aliphatic carboxylic acids is 1. The molecular weight excluding hydrogens is 174 g/mol. The van der Waals surface area contributed by atoms with E-state index in [1.807, 2.05) is 4.57 Å². The minimum Gasteiger partial charge on any atom is -0.480 e. The van der Waals surface area contributed by atoms with Crippen LogP contribution in [0.4, 0.5) is 0 Å². The maximum atomic E-state index is 10.7. The monoisotopic (exact) mass is 189 g/mol. The molecule has 70 valence electrons. The summed E-state index contributed by atoms with van der Waals surface area (Å²) in [6.45, 7) is 4.70. The van der Waals surface area contributed by atoms with E-state index in [1.54, 1.807) is 0 Å². The second-order valence-corrected chi connectivity index (χ2v) is 6.38. The number of hydrogen-bond donors (Lipinski definition) is 2. The summed E-state index contributed by atoms with van der Waals surface area (Å²) in [6, 6.07) is -0.438. The summed E-state index contributed by atoms with van der Waals surface area (Å²) >= 11 is 0. The summed E-state index contributed by atoms with van der Waals surface area (Å²) in [5, 5.41) is 18.1. The molecule has 0 unspecified atom stereocenters. The Labute approximate surface area is 73.5 Å². The minimum absolute atomic E-state index is 0.389. The molecule has 0 aromatic rings. The van der Waals surface area contributed by atoms with E-state index in [0.29, 0.717) is 13.0 Å². The number of carbonyl (C=O) groups is 1. The Kier molecular flexibility index (Phi) is 2.87. The number of rotatable bonds is 2. The van der Waals surface area contributed by atoms with Gasteiger partial charge in [0.05, 0.1) is 6.10 Å². The van der Waals surface area contributed by atoms with E-state index in [4.69, 9.17) is 5.11 Å². The quantitative estimate of drug-likeness (QED) is 0.574. The average molecular weight is 189 g/mol. The number of β-amino-alcohol motifs (C(OH)–C–C–N with tert-alkyl or cyclic N) is 1. The van der Waals surface area contributed by atoms with Gasteiger partial charge >= 0.3 is 5.97 Å². The van der Waals surface area contributed by atoms with Crippen molar-refractivity contribution in [2.75, 3.05) is 6.54 Å². The fourth-order valence-electron chi connectivity index (χ4n) is 1.65. The van der Waals surface area contributed by atoms with Gasteiger partial charge in [-0.15, -0.1) is 0 Å². The summed E-state index contributed by atoms with van der Waals surface area (Å²) in [5.74, 6) is -0.798. The van der Waals surface area contributed by atoms with Gasteiger partial charge in [-0.05, 0) is 0 Å². The Bertz CT molecular complexity index is 185. The number of hydrogen-bond acceptors (Lipinski definition) is 3. The van der Waals surface area contributed by atoms with Crippen LogP contribution < -0.4 is 0 Å². The highest BCUT2D eigenvalue weighted by molar-refractivity contribution is 6.53. The second-order valence-electron chi connectivity index (χ2n) is 3.53. The summed E-state index contributed by atoms with van der Waals surface area (Å²) in [7, 11) is -1.08. The molecule has 1 saturated heterocycles. The van der Waals surface area contributed by atoms with Crippen molar-refractivity contribution in [2.24, 2.45) is 0 Å². The van der Waals surface area contributed by atoms with Crippen LogP contribution in [0.25, 0.3) is 0 Å². The van der Waals surface area contributed by atoms with Gasteiger partial charge in [0, 0.05) is 13.0 Å². The zero-order chi connectivity index (χ0) is 9.30. The average Bonchev–Trinajstić information content (AvgIpc) is 2.31. The molecule has 0 saturated carbocycles. The molecule has 4 nitrogen and oxygen atoms in total. The molecule has 1 fully saturated rings. The molecule has 12 heavy (non-hydrogen) atoms. The number of carboxylic acid groups (broad SMARTS) is 1. The fourth-order valence-corrected chi connectivity index (χ4v) is 3.29. The van der Waals surface area contributed by atoms with Crippen molar-refractivity contribution < 1.29 is 15.0 Å². The number of aliphatic hydroxyl groups is 1. The van der Waals surface area contributed by atoms with E-state index < -0.39 is 27.1 Å². The van der Waals surface area contributed by atoms with Crippen LogP contribution in [0.5, 0.6) is 0 Å². The van der Waals surface area contributed by atoms with Crippen molar-refractivity contribution >= 4 is 14.9 Å². The van der Waals surface area contributed by atoms with E-state index in [9.17, 15) is 9.90 Å². The largest absolute Gasteiger partial charge is 0.480 e. The summed E-state index contributed by atoms with van der Waals surface area (Å²) < 4.78 is 1.95. The Balaban J connectivity index is 2.65. The molecule has 1 aliphatic rings. The Morgan fingerprint density at radius 2 is 2.17 bits per heavy atom. The third-order valence-corrected chi connectivity index (χ3v) is 4.16. The molecule has 1 rings (SSSR count). The molecule has 0 amide bonds. The normalized spacial score (nSPS) is 31.3. The molecule has 5 heteroatoms. The molecule has 1 aliphatic heterocycles.